The third-order valence-corrected chi connectivity index (χ3v) is 4.97. The number of alkyl halides is 3. The second-order valence-electron chi connectivity index (χ2n) is 7.42. The molecule has 0 saturated carbocycles. The van der Waals surface area contributed by atoms with Crippen LogP contribution in [0.4, 0.5) is 13.2 Å². The standard InChI is InChI=1S/C20H24F3N3O2/c1-12(2)26(10-16-8-9-18(27)24-16)11-17-13(3)28-19(25-17)14-4-6-15(7-5-14)20(21,22)23/h4-7,12,16H,8-11H2,1-3H3,(H,24,27)/t16-/m0/s1. The molecule has 0 radical (unpaired) electrons. The lowest BCUT2D eigenvalue weighted by atomic mass is 10.1. The highest BCUT2D eigenvalue weighted by molar-refractivity contribution is 5.78. The van der Waals surface area contributed by atoms with Crippen LogP contribution in [0.15, 0.2) is 28.7 Å². The lowest BCUT2D eigenvalue weighted by molar-refractivity contribution is -0.137. The number of amides is 1. The lowest BCUT2D eigenvalue weighted by Gasteiger charge is -2.28. The summed E-state index contributed by atoms with van der Waals surface area (Å²) >= 11 is 0. The molecule has 1 saturated heterocycles. The number of nitrogens with one attached hydrogen (secondary N) is 1. The Labute approximate surface area is 161 Å². The third-order valence-electron chi connectivity index (χ3n) is 4.97. The minimum atomic E-state index is -4.37. The van der Waals surface area contributed by atoms with E-state index < -0.39 is 11.7 Å². The van der Waals surface area contributed by atoms with Gasteiger partial charge in [0, 0.05) is 37.2 Å². The molecule has 1 N–H and O–H groups in total. The lowest BCUT2D eigenvalue weighted by Crippen LogP contribution is -2.41. The summed E-state index contributed by atoms with van der Waals surface area (Å²) in [7, 11) is 0. The Morgan fingerprint density at radius 1 is 1.29 bits per heavy atom. The Morgan fingerprint density at radius 3 is 2.50 bits per heavy atom. The van der Waals surface area contributed by atoms with Crippen LogP contribution in [0.1, 0.15) is 43.7 Å². The molecule has 1 amide bonds. The highest BCUT2D eigenvalue weighted by Crippen LogP contribution is 2.31. The zero-order valence-corrected chi connectivity index (χ0v) is 16.1. The van der Waals surface area contributed by atoms with Crippen molar-refractivity contribution in [1.29, 1.82) is 0 Å². The summed E-state index contributed by atoms with van der Waals surface area (Å²) in [6.07, 6.45) is -3.00. The number of aryl methyl sites for hydroxylation is 1. The topological polar surface area (TPSA) is 58.4 Å². The molecule has 1 aliphatic rings. The number of halogens is 3. The third kappa shape index (κ3) is 4.73. The quantitative estimate of drug-likeness (QED) is 0.798. The monoisotopic (exact) mass is 395 g/mol. The Morgan fingerprint density at radius 2 is 1.96 bits per heavy atom. The summed E-state index contributed by atoms with van der Waals surface area (Å²) < 4.78 is 43.9. The summed E-state index contributed by atoms with van der Waals surface area (Å²) in [6.45, 7) is 7.20. The second kappa shape index (κ2) is 7.95. The molecular weight excluding hydrogens is 371 g/mol. The van der Waals surface area contributed by atoms with Gasteiger partial charge in [0.1, 0.15) is 5.76 Å². The number of nitrogens with zero attached hydrogens (tertiary/aromatic N) is 2. The largest absolute Gasteiger partial charge is 0.441 e. The van der Waals surface area contributed by atoms with Gasteiger partial charge in [-0.15, -0.1) is 0 Å². The maximum Gasteiger partial charge on any atom is 0.416 e. The van der Waals surface area contributed by atoms with Crippen molar-refractivity contribution < 1.29 is 22.4 Å². The first-order valence-corrected chi connectivity index (χ1v) is 9.31. The summed E-state index contributed by atoms with van der Waals surface area (Å²) in [5.74, 6) is 1.02. The molecule has 2 heterocycles. The number of rotatable bonds is 6. The Hall–Kier alpha value is -2.35. The molecule has 0 aliphatic carbocycles. The summed E-state index contributed by atoms with van der Waals surface area (Å²) in [5.41, 5.74) is 0.541. The average molecular weight is 395 g/mol. The SMILES string of the molecule is Cc1oc(-c2ccc(C(F)(F)F)cc2)nc1CN(C[C@@H]1CCC(=O)N1)C(C)C. The first-order chi connectivity index (χ1) is 13.1. The molecule has 3 rings (SSSR count). The minimum Gasteiger partial charge on any atom is -0.441 e. The number of carbonyl (C=O) groups is 1. The predicted molar refractivity (Wildman–Crippen MR) is 98.4 cm³/mol. The molecule has 8 heteroatoms. The summed E-state index contributed by atoms with van der Waals surface area (Å²) in [6, 6.07) is 5.15. The molecule has 1 aliphatic heterocycles. The summed E-state index contributed by atoms with van der Waals surface area (Å²) in [4.78, 5) is 18.1. The molecular formula is C20H24F3N3O2. The average Bonchev–Trinajstić information content (AvgIpc) is 3.19. The zero-order chi connectivity index (χ0) is 20.5. The van der Waals surface area contributed by atoms with Gasteiger partial charge in [0.25, 0.3) is 0 Å². The van der Waals surface area contributed by atoms with Crippen LogP contribution in [-0.2, 0) is 17.5 Å². The van der Waals surface area contributed by atoms with Crippen molar-refractivity contribution in [1.82, 2.24) is 15.2 Å². The van der Waals surface area contributed by atoms with E-state index in [1.807, 2.05) is 0 Å². The Bertz CT molecular complexity index is 828. The van der Waals surface area contributed by atoms with Gasteiger partial charge in [-0.1, -0.05) is 0 Å². The molecule has 5 nitrogen and oxygen atoms in total. The number of aromatic nitrogens is 1. The smallest absolute Gasteiger partial charge is 0.416 e. The van der Waals surface area contributed by atoms with Gasteiger partial charge in [0.15, 0.2) is 0 Å². The minimum absolute atomic E-state index is 0.0795. The fourth-order valence-electron chi connectivity index (χ4n) is 3.25. The van der Waals surface area contributed by atoms with Gasteiger partial charge in [0.2, 0.25) is 11.8 Å². The van der Waals surface area contributed by atoms with Crippen molar-refractivity contribution in [3.05, 3.63) is 41.3 Å². The maximum absolute atomic E-state index is 12.7. The number of hydrogen-bond acceptors (Lipinski definition) is 4. The number of oxazole rings is 1. The van der Waals surface area contributed by atoms with Gasteiger partial charge in [-0.05, 0) is 51.5 Å². The van der Waals surface area contributed by atoms with E-state index in [4.69, 9.17) is 4.42 Å². The molecule has 1 atom stereocenters. The highest BCUT2D eigenvalue weighted by Gasteiger charge is 2.30. The molecule has 152 valence electrons. The molecule has 0 spiro atoms. The van der Waals surface area contributed by atoms with Gasteiger partial charge < -0.3 is 9.73 Å². The molecule has 1 aromatic heterocycles. The fraction of sp³-hybridized carbons (Fsp3) is 0.500. The van der Waals surface area contributed by atoms with Crippen LogP contribution >= 0.6 is 0 Å². The highest BCUT2D eigenvalue weighted by atomic mass is 19.4. The molecule has 28 heavy (non-hydrogen) atoms. The second-order valence-corrected chi connectivity index (χ2v) is 7.42. The van der Waals surface area contributed by atoms with Crippen LogP contribution in [0.25, 0.3) is 11.5 Å². The van der Waals surface area contributed by atoms with Crippen LogP contribution in [0, 0.1) is 6.92 Å². The molecule has 2 aromatic rings. The van der Waals surface area contributed by atoms with E-state index in [1.165, 1.54) is 12.1 Å². The van der Waals surface area contributed by atoms with Crippen LogP contribution in [0.5, 0.6) is 0 Å². The van der Waals surface area contributed by atoms with Crippen molar-refractivity contribution in [2.75, 3.05) is 6.54 Å². The van der Waals surface area contributed by atoms with E-state index in [1.54, 1.807) is 6.92 Å². The van der Waals surface area contributed by atoms with E-state index in [2.05, 4.69) is 29.0 Å². The van der Waals surface area contributed by atoms with Gasteiger partial charge in [0.05, 0.1) is 11.3 Å². The number of benzene rings is 1. The van der Waals surface area contributed by atoms with Crippen LogP contribution in [0.2, 0.25) is 0 Å². The predicted octanol–water partition coefficient (Wildman–Crippen LogP) is 4.16. The first-order valence-electron chi connectivity index (χ1n) is 9.31. The van der Waals surface area contributed by atoms with Crippen molar-refractivity contribution in [2.45, 2.75) is 58.4 Å². The van der Waals surface area contributed by atoms with Crippen LogP contribution in [0.3, 0.4) is 0 Å². The molecule has 0 unspecified atom stereocenters. The maximum atomic E-state index is 12.7. The Kier molecular flexibility index (Phi) is 5.79. The molecule has 0 bridgehead atoms. The molecule has 1 fully saturated rings. The van der Waals surface area contributed by atoms with Gasteiger partial charge in [-0.25, -0.2) is 4.98 Å². The van der Waals surface area contributed by atoms with Gasteiger partial charge >= 0.3 is 6.18 Å². The van der Waals surface area contributed by atoms with E-state index in [-0.39, 0.29) is 18.0 Å². The van der Waals surface area contributed by atoms with Crippen molar-refractivity contribution in [3.8, 4) is 11.5 Å². The van der Waals surface area contributed by atoms with Gasteiger partial charge in [-0.3, -0.25) is 9.69 Å². The summed E-state index contributed by atoms with van der Waals surface area (Å²) in [5, 5.41) is 2.97. The van der Waals surface area contributed by atoms with E-state index in [0.29, 0.717) is 36.7 Å². The number of carbonyl (C=O) groups excluding carboxylic acids is 1. The van der Waals surface area contributed by atoms with E-state index >= 15 is 0 Å². The van der Waals surface area contributed by atoms with Crippen LogP contribution in [-0.4, -0.2) is 34.4 Å². The van der Waals surface area contributed by atoms with Crippen molar-refractivity contribution in [3.63, 3.8) is 0 Å². The fourth-order valence-corrected chi connectivity index (χ4v) is 3.25. The van der Waals surface area contributed by atoms with Crippen molar-refractivity contribution in [2.24, 2.45) is 0 Å². The van der Waals surface area contributed by atoms with Gasteiger partial charge in [-0.2, -0.15) is 13.2 Å². The van der Waals surface area contributed by atoms with E-state index in [0.717, 1.165) is 24.2 Å². The normalized spacial score (nSPS) is 17.6. The molecule has 1 aromatic carbocycles. The first kappa shape index (κ1) is 20.4. The zero-order valence-electron chi connectivity index (χ0n) is 16.1. The van der Waals surface area contributed by atoms with E-state index in [9.17, 15) is 18.0 Å². The Balaban J connectivity index is 1.74. The van der Waals surface area contributed by atoms with Crippen molar-refractivity contribution >= 4 is 5.91 Å². The van der Waals surface area contributed by atoms with Crippen LogP contribution < -0.4 is 5.32 Å². The number of hydrogen-bond donors (Lipinski definition) is 1.